The van der Waals surface area contributed by atoms with E-state index in [1.165, 1.54) is 0 Å². The van der Waals surface area contributed by atoms with E-state index in [1.807, 2.05) is 0 Å². The lowest BCUT2D eigenvalue weighted by Gasteiger charge is -2.40. The molecule has 1 fully saturated rings. The molecule has 0 aromatic rings. The first-order valence-corrected chi connectivity index (χ1v) is 9.89. The maximum absolute atomic E-state index is 11.9. The minimum Gasteiger partial charge on any atom is -0.414 e. The molecule has 1 aliphatic rings. The SMILES string of the molecule is C[C@H]1O[C@@H](CO[Si](C)(C)C(C)(C)C)[C@@H](C)C(=O)[C@@H]1O. The molecule has 1 saturated heterocycles. The van der Waals surface area contributed by atoms with Gasteiger partial charge in [-0.15, -0.1) is 0 Å². The molecule has 4 atom stereocenters. The Balaban J connectivity index is 2.66. The maximum Gasteiger partial charge on any atom is 0.192 e. The standard InChI is InChI=1S/C14H28O4Si/c1-9-11(18-10(2)13(16)12(9)15)8-17-19(6,7)14(3,4)5/h9-11,13,16H,8H2,1-7H3/t9-,10-,11+,13-/m1/s1. The van der Waals surface area contributed by atoms with Gasteiger partial charge in [0.2, 0.25) is 0 Å². The highest BCUT2D eigenvalue weighted by atomic mass is 28.4. The molecule has 1 rings (SSSR count). The zero-order valence-electron chi connectivity index (χ0n) is 13.2. The van der Waals surface area contributed by atoms with E-state index < -0.39 is 20.5 Å². The number of ether oxygens (including phenoxy) is 1. The van der Waals surface area contributed by atoms with E-state index in [1.54, 1.807) is 13.8 Å². The monoisotopic (exact) mass is 288 g/mol. The predicted molar refractivity (Wildman–Crippen MR) is 77.7 cm³/mol. The Morgan fingerprint density at radius 1 is 1.32 bits per heavy atom. The van der Waals surface area contributed by atoms with Gasteiger partial charge in [0.15, 0.2) is 14.1 Å². The summed E-state index contributed by atoms with van der Waals surface area (Å²) in [4.78, 5) is 11.9. The van der Waals surface area contributed by atoms with Gasteiger partial charge in [-0.2, -0.15) is 0 Å². The smallest absolute Gasteiger partial charge is 0.192 e. The minimum atomic E-state index is -1.83. The molecule has 0 amide bonds. The van der Waals surface area contributed by atoms with Crippen molar-refractivity contribution in [3.05, 3.63) is 0 Å². The van der Waals surface area contributed by atoms with E-state index >= 15 is 0 Å². The van der Waals surface area contributed by atoms with E-state index in [0.717, 1.165) is 0 Å². The van der Waals surface area contributed by atoms with Crippen LogP contribution >= 0.6 is 0 Å². The van der Waals surface area contributed by atoms with Crippen LogP contribution in [0.1, 0.15) is 34.6 Å². The number of rotatable bonds is 3. The Kier molecular flexibility index (Phi) is 4.99. The Morgan fingerprint density at radius 2 is 1.84 bits per heavy atom. The summed E-state index contributed by atoms with van der Waals surface area (Å²) in [6.07, 6.45) is -1.70. The average Bonchev–Trinajstić information content (AvgIpc) is 2.28. The summed E-state index contributed by atoms with van der Waals surface area (Å²) in [6, 6.07) is 0. The summed E-state index contributed by atoms with van der Waals surface area (Å²) in [5, 5.41) is 9.82. The number of aliphatic hydroxyl groups excluding tert-OH is 1. The van der Waals surface area contributed by atoms with Crippen LogP contribution < -0.4 is 0 Å². The lowest BCUT2D eigenvalue weighted by Crippen LogP contribution is -2.52. The Labute approximate surface area is 117 Å². The van der Waals surface area contributed by atoms with Gasteiger partial charge in [0.1, 0.15) is 6.10 Å². The van der Waals surface area contributed by atoms with Gasteiger partial charge in [0.25, 0.3) is 0 Å². The second kappa shape index (κ2) is 5.64. The van der Waals surface area contributed by atoms with Gasteiger partial charge in [0.05, 0.1) is 18.8 Å². The fourth-order valence-corrected chi connectivity index (χ4v) is 2.86. The van der Waals surface area contributed by atoms with E-state index in [2.05, 4.69) is 33.9 Å². The number of hydrogen-bond donors (Lipinski definition) is 1. The fraction of sp³-hybridized carbons (Fsp3) is 0.929. The predicted octanol–water partition coefficient (Wildman–Crippen LogP) is 2.36. The number of aliphatic hydroxyl groups is 1. The van der Waals surface area contributed by atoms with Crippen molar-refractivity contribution >= 4 is 14.1 Å². The molecular formula is C14H28O4Si. The largest absolute Gasteiger partial charge is 0.414 e. The molecule has 0 aromatic heterocycles. The van der Waals surface area contributed by atoms with Crippen LogP contribution in [-0.2, 0) is 14.0 Å². The van der Waals surface area contributed by atoms with Crippen molar-refractivity contribution in [1.29, 1.82) is 0 Å². The van der Waals surface area contributed by atoms with Crippen LogP contribution in [0.25, 0.3) is 0 Å². The fourth-order valence-electron chi connectivity index (χ4n) is 1.84. The normalized spacial score (nSPS) is 33.6. The van der Waals surface area contributed by atoms with Gasteiger partial charge in [0, 0.05) is 5.92 Å². The summed E-state index contributed by atoms with van der Waals surface area (Å²) in [5.41, 5.74) is 0. The molecule has 4 nitrogen and oxygen atoms in total. The van der Waals surface area contributed by atoms with E-state index in [9.17, 15) is 9.90 Å². The first kappa shape index (κ1) is 16.8. The Morgan fingerprint density at radius 3 is 2.32 bits per heavy atom. The molecule has 1 N–H and O–H groups in total. The Bertz CT molecular complexity index is 335. The molecule has 0 aromatic carbocycles. The lowest BCUT2D eigenvalue weighted by atomic mass is 9.90. The molecule has 112 valence electrons. The third kappa shape index (κ3) is 3.65. The molecule has 0 unspecified atom stereocenters. The van der Waals surface area contributed by atoms with Crippen LogP contribution in [0.3, 0.4) is 0 Å². The first-order chi connectivity index (χ1) is 8.47. The zero-order valence-corrected chi connectivity index (χ0v) is 14.2. The highest BCUT2D eigenvalue weighted by molar-refractivity contribution is 6.74. The molecule has 0 saturated carbocycles. The number of carbonyl (C=O) groups excluding carboxylic acids is 1. The second-order valence-corrected chi connectivity index (χ2v) is 11.9. The average molecular weight is 288 g/mol. The van der Waals surface area contributed by atoms with E-state index in [4.69, 9.17) is 9.16 Å². The molecule has 0 bridgehead atoms. The summed E-state index contributed by atoms with van der Waals surface area (Å²) in [6.45, 7) is 14.9. The molecule has 0 radical (unpaired) electrons. The third-order valence-electron chi connectivity index (χ3n) is 4.55. The molecule has 0 spiro atoms. The van der Waals surface area contributed by atoms with Crippen LogP contribution in [0.4, 0.5) is 0 Å². The molecule has 19 heavy (non-hydrogen) atoms. The van der Waals surface area contributed by atoms with Gasteiger partial charge in [-0.3, -0.25) is 4.79 Å². The number of Topliss-reactive ketones (excluding diaryl/α,β-unsaturated/α-hetero) is 1. The van der Waals surface area contributed by atoms with Crippen LogP contribution in [0, 0.1) is 5.92 Å². The topological polar surface area (TPSA) is 55.8 Å². The first-order valence-electron chi connectivity index (χ1n) is 6.98. The molecule has 0 aliphatic carbocycles. The third-order valence-corrected chi connectivity index (χ3v) is 9.05. The van der Waals surface area contributed by atoms with Crippen molar-refractivity contribution in [2.45, 2.75) is 71.1 Å². The maximum atomic E-state index is 11.9. The Hall–Kier alpha value is -0.233. The molecule has 5 heteroatoms. The minimum absolute atomic E-state index is 0.136. The van der Waals surface area contributed by atoms with Gasteiger partial charge in [-0.25, -0.2) is 0 Å². The summed E-state index contributed by atoms with van der Waals surface area (Å²) in [7, 11) is -1.83. The number of carbonyl (C=O) groups is 1. The highest BCUT2D eigenvalue weighted by Gasteiger charge is 2.42. The van der Waals surface area contributed by atoms with Crippen molar-refractivity contribution < 1.29 is 19.1 Å². The van der Waals surface area contributed by atoms with Crippen molar-refractivity contribution in [3.63, 3.8) is 0 Å². The second-order valence-electron chi connectivity index (χ2n) is 7.09. The summed E-state index contributed by atoms with van der Waals surface area (Å²) < 4.78 is 11.8. The van der Waals surface area contributed by atoms with Crippen LogP contribution in [0.5, 0.6) is 0 Å². The number of ketones is 1. The highest BCUT2D eigenvalue weighted by Crippen LogP contribution is 2.37. The van der Waals surface area contributed by atoms with Crippen molar-refractivity contribution in [2.24, 2.45) is 5.92 Å². The molecule has 1 heterocycles. The quantitative estimate of drug-likeness (QED) is 0.810. The molecular weight excluding hydrogens is 260 g/mol. The van der Waals surface area contributed by atoms with Crippen molar-refractivity contribution in [1.82, 2.24) is 0 Å². The van der Waals surface area contributed by atoms with Crippen LogP contribution in [0.15, 0.2) is 0 Å². The van der Waals surface area contributed by atoms with Gasteiger partial charge in [-0.1, -0.05) is 27.7 Å². The molecule has 1 aliphatic heterocycles. The zero-order chi connectivity index (χ0) is 15.0. The van der Waals surface area contributed by atoms with E-state index in [-0.39, 0.29) is 22.8 Å². The van der Waals surface area contributed by atoms with Crippen LogP contribution in [-0.4, -0.2) is 44.1 Å². The van der Waals surface area contributed by atoms with Gasteiger partial charge >= 0.3 is 0 Å². The summed E-state index contributed by atoms with van der Waals surface area (Å²) in [5.74, 6) is -0.446. The lowest BCUT2D eigenvalue weighted by molar-refractivity contribution is -0.169. The number of hydrogen-bond acceptors (Lipinski definition) is 4. The van der Waals surface area contributed by atoms with E-state index in [0.29, 0.717) is 6.61 Å². The summed E-state index contributed by atoms with van der Waals surface area (Å²) >= 11 is 0. The van der Waals surface area contributed by atoms with Gasteiger partial charge < -0.3 is 14.3 Å². The van der Waals surface area contributed by atoms with Crippen LogP contribution in [0.2, 0.25) is 18.1 Å². The van der Waals surface area contributed by atoms with Gasteiger partial charge in [-0.05, 0) is 25.1 Å². The van der Waals surface area contributed by atoms with Crippen molar-refractivity contribution in [3.8, 4) is 0 Å². The van der Waals surface area contributed by atoms with Crippen molar-refractivity contribution in [2.75, 3.05) is 6.61 Å².